The smallest absolute Gasteiger partial charge is 0.264 e. The number of carbonyl (C=O) groups excluding carboxylic acids is 4. The molecule has 1 aromatic carbocycles. The average molecular weight is 546 g/mol. The summed E-state index contributed by atoms with van der Waals surface area (Å²) in [5.74, 6) is -2.08. The van der Waals surface area contributed by atoms with E-state index < -0.39 is 29.7 Å². The van der Waals surface area contributed by atoms with Crippen LogP contribution >= 0.6 is 0 Å². The Labute approximate surface area is 231 Å². The second-order valence-electron chi connectivity index (χ2n) is 9.91. The minimum absolute atomic E-state index is 0.0856. The van der Waals surface area contributed by atoms with Gasteiger partial charge in [0.1, 0.15) is 6.04 Å². The van der Waals surface area contributed by atoms with Crippen LogP contribution in [-0.4, -0.2) is 80.8 Å². The molecule has 0 bridgehead atoms. The van der Waals surface area contributed by atoms with Gasteiger partial charge in [-0.05, 0) is 25.0 Å². The van der Waals surface area contributed by atoms with Crippen molar-refractivity contribution in [3.05, 3.63) is 29.3 Å². The van der Waals surface area contributed by atoms with Gasteiger partial charge in [0, 0.05) is 25.3 Å². The number of nitrogens with one attached hydrogen (secondary N) is 2. The zero-order valence-corrected chi connectivity index (χ0v) is 23.1. The van der Waals surface area contributed by atoms with Gasteiger partial charge in [0.25, 0.3) is 11.8 Å². The van der Waals surface area contributed by atoms with E-state index in [1.165, 1.54) is 44.9 Å². The minimum Gasteiger partial charge on any atom is -0.382 e. The molecule has 4 amide bonds. The lowest BCUT2D eigenvalue weighted by Gasteiger charge is -2.27. The normalized spacial score (nSPS) is 17.1. The van der Waals surface area contributed by atoms with Crippen LogP contribution in [0.4, 0.5) is 5.69 Å². The number of anilines is 1. The number of hydrogen-bond acceptors (Lipinski definition) is 8. The zero-order valence-electron chi connectivity index (χ0n) is 23.1. The van der Waals surface area contributed by atoms with E-state index in [1.54, 1.807) is 18.2 Å². The predicted octanol–water partition coefficient (Wildman–Crippen LogP) is 3.69. The summed E-state index contributed by atoms with van der Waals surface area (Å²) in [6.45, 7) is 5.86. The van der Waals surface area contributed by atoms with E-state index in [1.807, 2.05) is 0 Å². The highest BCUT2D eigenvalue weighted by Crippen LogP contribution is 2.32. The lowest BCUT2D eigenvalue weighted by atomic mass is 10.0. The number of nitrogens with zero attached hydrogens (tertiary/aromatic N) is 1. The lowest BCUT2D eigenvalue weighted by Crippen LogP contribution is -2.54. The molecule has 0 saturated carbocycles. The van der Waals surface area contributed by atoms with Gasteiger partial charge in [-0.3, -0.25) is 29.4 Å². The van der Waals surface area contributed by atoms with Gasteiger partial charge < -0.3 is 19.5 Å². The summed E-state index contributed by atoms with van der Waals surface area (Å²) >= 11 is 0. The summed E-state index contributed by atoms with van der Waals surface area (Å²) in [6, 6.07) is 3.99. The number of fused-ring (bicyclic) bond motifs is 1. The van der Waals surface area contributed by atoms with Crippen molar-refractivity contribution < 1.29 is 33.4 Å². The molecule has 216 valence electrons. The van der Waals surface area contributed by atoms with E-state index in [0.29, 0.717) is 45.3 Å². The Morgan fingerprint density at radius 1 is 0.821 bits per heavy atom. The lowest BCUT2D eigenvalue weighted by molar-refractivity contribution is -0.136. The van der Waals surface area contributed by atoms with Crippen LogP contribution < -0.4 is 10.6 Å². The third-order valence-electron chi connectivity index (χ3n) is 6.92. The van der Waals surface area contributed by atoms with Crippen molar-refractivity contribution in [2.75, 3.05) is 51.5 Å². The Hall–Kier alpha value is -2.82. The van der Waals surface area contributed by atoms with Crippen LogP contribution in [0.5, 0.6) is 0 Å². The molecule has 1 aromatic rings. The minimum atomic E-state index is -0.984. The third kappa shape index (κ3) is 9.40. The van der Waals surface area contributed by atoms with Crippen molar-refractivity contribution in [3.63, 3.8) is 0 Å². The Balaban J connectivity index is 1.24. The molecule has 0 spiro atoms. The molecule has 39 heavy (non-hydrogen) atoms. The molecule has 2 aliphatic heterocycles. The molecule has 3 rings (SSSR count). The number of piperidine rings is 1. The van der Waals surface area contributed by atoms with E-state index in [-0.39, 0.29) is 24.0 Å². The number of hydrogen-bond donors (Lipinski definition) is 2. The molecule has 0 aliphatic carbocycles. The number of rotatable bonds is 20. The van der Waals surface area contributed by atoms with E-state index in [9.17, 15) is 19.2 Å². The molecule has 0 aromatic heterocycles. The molecule has 2 N–H and O–H groups in total. The molecule has 2 heterocycles. The average Bonchev–Trinajstić information content (AvgIpc) is 3.18. The van der Waals surface area contributed by atoms with Crippen LogP contribution in [0, 0.1) is 0 Å². The van der Waals surface area contributed by atoms with Gasteiger partial charge >= 0.3 is 0 Å². The first kappa shape index (κ1) is 30.7. The molecule has 1 unspecified atom stereocenters. The highest BCUT2D eigenvalue weighted by atomic mass is 16.5. The van der Waals surface area contributed by atoms with E-state index >= 15 is 0 Å². The fourth-order valence-electron chi connectivity index (χ4n) is 4.80. The van der Waals surface area contributed by atoms with Crippen LogP contribution in [0.25, 0.3) is 0 Å². The molecule has 10 nitrogen and oxygen atoms in total. The quantitative estimate of drug-likeness (QED) is 0.188. The summed E-state index contributed by atoms with van der Waals surface area (Å²) in [7, 11) is 0. The molecule has 0 radical (unpaired) electrons. The highest BCUT2D eigenvalue weighted by molar-refractivity contribution is 6.25. The Bertz CT molecular complexity index is 968. The zero-order chi connectivity index (χ0) is 27.9. The van der Waals surface area contributed by atoms with E-state index in [2.05, 4.69) is 17.6 Å². The van der Waals surface area contributed by atoms with Gasteiger partial charge in [-0.15, -0.1) is 0 Å². The summed E-state index contributed by atoms with van der Waals surface area (Å²) < 4.78 is 16.7. The monoisotopic (exact) mass is 545 g/mol. The topological polar surface area (TPSA) is 123 Å². The second kappa shape index (κ2) is 17.0. The fourth-order valence-corrected chi connectivity index (χ4v) is 4.80. The van der Waals surface area contributed by atoms with Crippen LogP contribution in [-0.2, 0) is 23.8 Å². The molecule has 10 heteroatoms. The van der Waals surface area contributed by atoms with E-state index in [4.69, 9.17) is 14.2 Å². The number of benzene rings is 1. The molecule has 1 fully saturated rings. The maximum Gasteiger partial charge on any atom is 0.264 e. The van der Waals surface area contributed by atoms with Gasteiger partial charge in [-0.25, -0.2) is 0 Å². The number of amides is 4. The van der Waals surface area contributed by atoms with Crippen molar-refractivity contribution in [1.82, 2.24) is 10.2 Å². The molecule has 1 atom stereocenters. The van der Waals surface area contributed by atoms with Gasteiger partial charge in [-0.2, -0.15) is 0 Å². The first-order valence-corrected chi connectivity index (χ1v) is 14.4. The highest BCUT2D eigenvalue weighted by Gasteiger charge is 2.45. The van der Waals surface area contributed by atoms with Crippen molar-refractivity contribution in [2.24, 2.45) is 0 Å². The fraction of sp³-hybridized carbons (Fsp3) is 0.655. The van der Waals surface area contributed by atoms with Crippen molar-refractivity contribution in [1.29, 1.82) is 0 Å². The number of carbonyl (C=O) groups is 4. The summed E-state index contributed by atoms with van der Waals surface area (Å²) in [6.07, 6.45) is 10.5. The third-order valence-corrected chi connectivity index (χ3v) is 6.92. The maximum atomic E-state index is 13.1. The van der Waals surface area contributed by atoms with Crippen LogP contribution in [0.2, 0.25) is 0 Å². The Morgan fingerprint density at radius 3 is 2.15 bits per heavy atom. The molecular formula is C29H43N3O7. The van der Waals surface area contributed by atoms with Crippen LogP contribution in [0.3, 0.4) is 0 Å². The van der Waals surface area contributed by atoms with Gasteiger partial charge in [0.15, 0.2) is 0 Å². The number of ether oxygens (including phenoxy) is 3. The summed E-state index contributed by atoms with van der Waals surface area (Å²) in [4.78, 5) is 50.6. The Kier molecular flexibility index (Phi) is 13.4. The second-order valence-corrected chi connectivity index (χ2v) is 9.91. The van der Waals surface area contributed by atoms with Crippen molar-refractivity contribution >= 4 is 29.3 Å². The summed E-state index contributed by atoms with van der Waals surface area (Å²) in [5.41, 5.74) is 0.991. The number of unbranched alkanes of at least 4 members (excludes halogenated alkanes) is 7. The molecule has 1 saturated heterocycles. The van der Waals surface area contributed by atoms with Crippen molar-refractivity contribution in [2.45, 2.75) is 77.2 Å². The largest absolute Gasteiger partial charge is 0.382 e. The number of imide groups is 2. The first-order valence-electron chi connectivity index (χ1n) is 14.4. The van der Waals surface area contributed by atoms with E-state index in [0.717, 1.165) is 17.9 Å². The Morgan fingerprint density at radius 2 is 1.46 bits per heavy atom. The van der Waals surface area contributed by atoms with Crippen LogP contribution in [0.15, 0.2) is 18.2 Å². The molecule has 2 aliphatic rings. The van der Waals surface area contributed by atoms with Gasteiger partial charge in [0.05, 0.1) is 44.2 Å². The summed E-state index contributed by atoms with van der Waals surface area (Å²) in [5, 5.41) is 5.35. The van der Waals surface area contributed by atoms with Gasteiger partial charge in [0.2, 0.25) is 11.8 Å². The van der Waals surface area contributed by atoms with Crippen molar-refractivity contribution in [3.8, 4) is 0 Å². The SMILES string of the molecule is CCCCCCCCCCOCCOCCOCCNc1cccc2c1C(=O)N(C1CCC(=O)NC1=O)C2=O. The molecular weight excluding hydrogens is 502 g/mol. The van der Waals surface area contributed by atoms with Gasteiger partial charge in [-0.1, -0.05) is 57.9 Å². The first-order chi connectivity index (χ1) is 19.0. The van der Waals surface area contributed by atoms with Crippen LogP contribution in [0.1, 0.15) is 91.8 Å². The maximum absolute atomic E-state index is 13.1. The predicted molar refractivity (Wildman–Crippen MR) is 147 cm³/mol. The standard InChI is InChI=1S/C29H43N3O7/c1-2-3-4-5-6-7-8-9-16-37-18-20-39-21-19-38-17-15-30-23-12-10-11-22-26(23)29(36)32(28(22)35)24-13-14-25(33)31-27(24)34/h10-12,24,30H,2-9,13-21H2,1H3,(H,31,33,34).